The van der Waals surface area contributed by atoms with E-state index >= 15 is 0 Å². The van der Waals surface area contributed by atoms with Crippen LogP contribution in [0.4, 0.5) is 0 Å². The molecule has 0 amide bonds. The van der Waals surface area contributed by atoms with Crippen molar-refractivity contribution < 1.29 is 14.6 Å². The molecule has 0 aliphatic heterocycles. The molecule has 3 N–H and O–H groups in total. The fraction of sp³-hybridized carbons (Fsp3) is 0.455. The van der Waals surface area contributed by atoms with Crippen LogP contribution in [0.25, 0.3) is 0 Å². The van der Waals surface area contributed by atoms with Crippen LogP contribution in [0.15, 0.2) is 18.2 Å². The highest BCUT2D eigenvalue weighted by atomic mass is 16.5. The Hall–Kier alpha value is -1.62. The van der Waals surface area contributed by atoms with Crippen molar-refractivity contribution >= 4 is 5.97 Å². The fourth-order valence-electron chi connectivity index (χ4n) is 1.90. The van der Waals surface area contributed by atoms with Crippen molar-refractivity contribution in [3.8, 4) is 5.88 Å². The third kappa shape index (κ3) is 1.63. The molecular formula is C11H14N2O3. The second kappa shape index (κ2) is 3.75. The quantitative estimate of drug-likeness (QED) is 0.776. The number of ether oxygens (including phenoxy) is 1. The van der Waals surface area contributed by atoms with Gasteiger partial charge in [-0.2, -0.15) is 0 Å². The van der Waals surface area contributed by atoms with E-state index in [0.717, 1.165) is 12.8 Å². The standard InChI is InChI=1S/C11H14N2O3/c1-16-8-4-2-3-7(13-8)11(5-6-11)9(12)10(14)15/h2-4,9H,5-6,12H2,1H3,(H,14,15). The molecule has 2 rings (SSSR count). The predicted octanol–water partition coefficient (Wildman–Crippen LogP) is 0.534. The molecule has 1 atom stereocenters. The molecule has 86 valence electrons. The van der Waals surface area contributed by atoms with E-state index in [1.165, 1.54) is 7.11 Å². The van der Waals surface area contributed by atoms with Crippen LogP contribution in [0, 0.1) is 0 Å². The summed E-state index contributed by atoms with van der Waals surface area (Å²) < 4.78 is 5.02. The minimum atomic E-state index is -0.984. The summed E-state index contributed by atoms with van der Waals surface area (Å²) in [7, 11) is 1.53. The Morgan fingerprint density at radius 3 is 2.81 bits per heavy atom. The summed E-state index contributed by atoms with van der Waals surface area (Å²) in [5, 5.41) is 8.96. The van der Waals surface area contributed by atoms with Gasteiger partial charge in [0.1, 0.15) is 6.04 Å². The Labute approximate surface area is 93.2 Å². The molecular weight excluding hydrogens is 208 g/mol. The van der Waals surface area contributed by atoms with Crippen LogP contribution < -0.4 is 10.5 Å². The Balaban J connectivity index is 2.32. The van der Waals surface area contributed by atoms with Gasteiger partial charge in [0.25, 0.3) is 0 Å². The van der Waals surface area contributed by atoms with Crippen molar-refractivity contribution in [3.05, 3.63) is 23.9 Å². The predicted molar refractivity (Wildman–Crippen MR) is 57.3 cm³/mol. The van der Waals surface area contributed by atoms with Gasteiger partial charge in [0.05, 0.1) is 12.8 Å². The molecule has 0 spiro atoms. The molecule has 1 saturated carbocycles. The third-order valence-corrected chi connectivity index (χ3v) is 3.09. The molecule has 1 aromatic heterocycles. The van der Waals surface area contributed by atoms with Gasteiger partial charge in [0.2, 0.25) is 5.88 Å². The zero-order chi connectivity index (χ0) is 11.8. The van der Waals surface area contributed by atoms with Gasteiger partial charge in [-0.15, -0.1) is 0 Å². The number of nitrogens with zero attached hydrogens (tertiary/aromatic N) is 1. The number of aromatic nitrogens is 1. The van der Waals surface area contributed by atoms with Crippen LogP contribution >= 0.6 is 0 Å². The van der Waals surface area contributed by atoms with Crippen molar-refractivity contribution in [1.29, 1.82) is 0 Å². The number of carboxylic acids is 1. The van der Waals surface area contributed by atoms with Crippen molar-refractivity contribution in [3.63, 3.8) is 0 Å². The lowest BCUT2D eigenvalue weighted by Gasteiger charge is -2.19. The van der Waals surface area contributed by atoms with E-state index in [9.17, 15) is 4.79 Å². The van der Waals surface area contributed by atoms with E-state index in [-0.39, 0.29) is 0 Å². The normalized spacial score (nSPS) is 18.9. The fourth-order valence-corrected chi connectivity index (χ4v) is 1.90. The number of hydrogen-bond acceptors (Lipinski definition) is 4. The first-order valence-corrected chi connectivity index (χ1v) is 5.10. The first kappa shape index (κ1) is 10.9. The Kier molecular flexibility index (Phi) is 2.55. The molecule has 5 nitrogen and oxygen atoms in total. The molecule has 16 heavy (non-hydrogen) atoms. The topological polar surface area (TPSA) is 85.4 Å². The smallest absolute Gasteiger partial charge is 0.321 e. The van der Waals surface area contributed by atoms with Crippen LogP contribution in [0.1, 0.15) is 18.5 Å². The van der Waals surface area contributed by atoms with Gasteiger partial charge in [-0.25, -0.2) is 4.98 Å². The number of carbonyl (C=O) groups is 1. The zero-order valence-corrected chi connectivity index (χ0v) is 9.01. The van der Waals surface area contributed by atoms with E-state index in [0.29, 0.717) is 11.6 Å². The molecule has 1 aromatic rings. The molecule has 5 heteroatoms. The summed E-state index contributed by atoms with van der Waals surface area (Å²) in [6.07, 6.45) is 1.53. The first-order valence-electron chi connectivity index (χ1n) is 5.10. The highest BCUT2D eigenvalue weighted by molar-refractivity contribution is 5.76. The minimum Gasteiger partial charge on any atom is -0.481 e. The molecule has 0 aromatic carbocycles. The van der Waals surface area contributed by atoms with Gasteiger partial charge < -0.3 is 15.6 Å². The van der Waals surface area contributed by atoms with E-state index in [1.54, 1.807) is 18.2 Å². The lowest BCUT2D eigenvalue weighted by Crippen LogP contribution is -2.42. The number of rotatable bonds is 4. The minimum absolute atomic E-state index is 0.487. The van der Waals surface area contributed by atoms with Crippen LogP contribution in [-0.4, -0.2) is 29.2 Å². The number of hydrogen-bond donors (Lipinski definition) is 2. The number of methoxy groups -OCH3 is 1. The van der Waals surface area contributed by atoms with Crippen molar-refractivity contribution in [2.24, 2.45) is 5.73 Å². The maximum absolute atomic E-state index is 10.9. The van der Waals surface area contributed by atoms with Crippen LogP contribution in [0.5, 0.6) is 5.88 Å². The number of nitrogens with two attached hydrogens (primary N) is 1. The average molecular weight is 222 g/mol. The molecule has 0 radical (unpaired) electrons. The van der Waals surface area contributed by atoms with Crippen LogP contribution in [0.3, 0.4) is 0 Å². The maximum atomic E-state index is 10.9. The largest absolute Gasteiger partial charge is 0.481 e. The Morgan fingerprint density at radius 2 is 2.31 bits per heavy atom. The van der Waals surface area contributed by atoms with Crippen LogP contribution in [0.2, 0.25) is 0 Å². The summed E-state index contributed by atoms with van der Waals surface area (Å²) >= 11 is 0. The Bertz CT molecular complexity index is 415. The third-order valence-electron chi connectivity index (χ3n) is 3.09. The molecule has 0 bridgehead atoms. The summed E-state index contributed by atoms with van der Waals surface area (Å²) in [6, 6.07) is 4.44. The summed E-state index contributed by atoms with van der Waals surface area (Å²) in [4.78, 5) is 15.2. The van der Waals surface area contributed by atoms with E-state index in [2.05, 4.69) is 4.98 Å². The molecule has 1 heterocycles. The SMILES string of the molecule is COc1cccc(C2(C(N)C(=O)O)CC2)n1. The molecule has 1 aliphatic rings. The number of carboxylic acid groups (broad SMARTS) is 1. The zero-order valence-electron chi connectivity index (χ0n) is 9.01. The van der Waals surface area contributed by atoms with Gasteiger partial charge in [-0.1, -0.05) is 6.07 Å². The molecule has 1 aliphatic carbocycles. The van der Waals surface area contributed by atoms with Gasteiger partial charge in [-0.3, -0.25) is 4.79 Å². The number of pyridine rings is 1. The second-order valence-electron chi connectivity index (χ2n) is 4.04. The summed E-state index contributed by atoms with van der Waals surface area (Å²) in [5.41, 5.74) is 5.91. The van der Waals surface area contributed by atoms with Gasteiger partial charge >= 0.3 is 5.97 Å². The maximum Gasteiger partial charge on any atom is 0.321 e. The highest BCUT2D eigenvalue weighted by Gasteiger charge is 2.53. The van der Waals surface area contributed by atoms with Gasteiger partial charge in [-0.05, 0) is 18.9 Å². The molecule has 1 unspecified atom stereocenters. The van der Waals surface area contributed by atoms with Gasteiger partial charge in [0, 0.05) is 11.5 Å². The lowest BCUT2D eigenvalue weighted by atomic mass is 9.93. The highest BCUT2D eigenvalue weighted by Crippen LogP contribution is 2.49. The average Bonchev–Trinajstić information content (AvgIpc) is 3.09. The monoisotopic (exact) mass is 222 g/mol. The van der Waals surface area contributed by atoms with Crippen LogP contribution in [-0.2, 0) is 10.2 Å². The van der Waals surface area contributed by atoms with E-state index in [1.807, 2.05) is 0 Å². The molecule has 1 fully saturated rings. The Morgan fingerprint density at radius 1 is 1.62 bits per heavy atom. The van der Waals surface area contributed by atoms with Gasteiger partial charge in [0.15, 0.2) is 0 Å². The van der Waals surface area contributed by atoms with Crippen molar-refractivity contribution in [2.45, 2.75) is 24.3 Å². The number of aliphatic carboxylic acids is 1. The molecule has 0 saturated heterocycles. The van der Waals surface area contributed by atoms with Crippen molar-refractivity contribution in [1.82, 2.24) is 4.98 Å². The lowest BCUT2D eigenvalue weighted by molar-refractivity contribution is -0.139. The van der Waals surface area contributed by atoms with Crippen molar-refractivity contribution in [2.75, 3.05) is 7.11 Å². The first-order chi connectivity index (χ1) is 7.60. The second-order valence-corrected chi connectivity index (χ2v) is 4.04. The summed E-state index contributed by atoms with van der Waals surface area (Å²) in [6.45, 7) is 0. The van der Waals surface area contributed by atoms with E-state index < -0.39 is 17.4 Å². The van der Waals surface area contributed by atoms with E-state index in [4.69, 9.17) is 15.6 Å². The summed E-state index contributed by atoms with van der Waals surface area (Å²) in [5.74, 6) is -0.497.